The van der Waals surface area contributed by atoms with E-state index in [4.69, 9.17) is 0 Å². The molecule has 0 amide bonds. The summed E-state index contributed by atoms with van der Waals surface area (Å²) in [5.41, 5.74) is -1.05. The first-order valence-electron chi connectivity index (χ1n) is 3.67. The molecular formula is C7H10F4O2. The molecule has 1 rings (SSSR count). The van der Waals surface area contributed by atoms with E-state index in [9.17, 15) is 17.6 Å². The molecule has 0 bridgehead atoms. The van der Waals surface area contributed by atoms with Crippen LogP contribution in [0.2, 0.25) is 0 Å². The van der Waals surface area contributed by atoms with E-state index in [1.165, 1.54) is 20.8 Å². The number of epoxide rings is 1. The lowest BCUT2D eigenvalue weighted by molar-refractivity contribution is -0.379. The maximum absolute atomic E-state index is 12.6. The average molecular weight is 202 g/mol. The van der Waals surface area contributed by atoms with Gasteiger partial charge in [-0.05, 0) is 0 Å². The second kappa shape index (κ2) is 2.57. The SMILES string of the molecule is CC(C)(C)C1(OC(F)(F)F)OC1F. The number of alkyl halides is 4. The normalized spacial score (nSPS) is 34.8. The van der Waals surface area contributed by atoms with Gasteiger partial charge in [0.25, 0.3) is 6.36 Å². The van der Waals surface area contributed by atoms with Crippen molar-refractivity contribution in [3.63, 3.8) is 0 Å². The number of hydrogen-bond acceptors (Lipinski definition) is 2. The van der Waals surface area contributed by atoms with Gasteiger partial charge in [0.1, 0.15) is 0 Å². The van der Waals surface area contributed by atoms with Gasteiger partial charge in [0.05, 0.1) is 0 Å². The summed E-state index contributed by atoms with van der Waals surface area (Å²) in [6, 6.07) is 0. The summed E-state index contributed by atoms with van der Waals surface area (Å²) in [5, 5.41) is 0. The van der Waals surface area contributed by atoms with Crippen molar-refractivity contribution in [2.24, 2.45) is 5.41 Å². The molecular weight excluding hydrogens is 192 g/mol. The van der Waals surface area contributed by atoms with E-state index in [0.29, 0.717) is 0 Å². The molecule has 6 heteroatoms. The van der Waals surface area contributed by atoms with E-state index in [0.717, 1.165) is 0 Å². The number of halogens is 4. The largest absolute Gasteiger partial charge is 0.525 e. The van der Waals surface area contributed by atoms with E-state index in [1.807, 2.05) is 0 Å². The standard InChI is InChI=1S/C7H10F4O2/c1-5(2,3)6(4(8)12-6)13-7(9,10)11/h4H,1-3H3. The van der Waals surface area contributed by atoms with Gasteiger partial charge >= 0.3 is 6.36 Å². The van der Waals surface area contributed by atoms with Crippen LogP contribution in [0.25, 0.3) is 0 Å². The molecule has 1 aliphatic heterocycles. The molecule has 1 heterocycles. The fourth-order valence-electron chi connectivity index (χ4n) is 1.03. The Bertz CT molecular complexity index is 208. The zero-order chi connectivity index (χ0) is 10.5. The highest BCUT2D eigenvalue weighted by molar-refractivity contribution is 4.98. The third-order valence-corrected chi connectivity index (χ3v) is 1.83. The summed E-state index contributed by atoms with van der Waals surface area (Å²) in [5.74, 6) is -2.16. The topological polar surface area (TPSA) is 21.8 Å². The van der Waals surface area contributed by atoms with Crippen molar-refractivity contribution >= 4 is 0 Å². The molecule has 0 aliphatic carbocycles. The fraction of sp³-hybridized carbons (Fsp3) is 1.00. The van der Waals surface area contributed by atoms with Gasteiger partial charge in [-0.2, -0.15) is 0 Å². The Morgan fingerprint density at radius 3 is 1.69 bits per heavy atom. The Morgan fingerprint density at radius 1 is 1.23 bits per heavy atom. The van der Waals surface area contributed by atoms with Gasteiger partial charge in [-0.25, -0.2) is 4.39 Å². The molecule has 0 radical (unpaired) electrons. The third-order valence-electron chi connectivity index (χ3n) is 1.83. The van der Waals surface area contributed by atoms with Crippen molar-refractivity contribution in [1.82, 2.24) is 0 Å². The van der Waals surface area contributed by atoms with E-state index in [2.05, 4.69) is 9.47 Å². The van der Waals surface area contributed by atoms with Gasteiger partial charge in [0.2, 0.25) is 5.79 Å². The van der Waals surface area contributed by atoms with Gasteiger partial charge in [0.15, 0.2) is 0 Å². The predicted octanol–water partition coefficient (Wildman–Crippen LogP) is 2.59. The molecule has 0 spiro atoms. The molecule has 1 fully saturated rings. The van der Waals surface area contributed by atoms with Gasteiger partial charge in [-0.1, -0.05) is 20.8 Å². The minimum atomic E-state index is -4.88. The molecule has 1 saturated heterocycles. The Labute approximate surface area is 72.8 Å². The summed E-state index contributed by atoms with van der Waals surface area (Å²) >= 11 is 0. The third kappa shape index (κ3) is 1.94. The lowest BCUT2D eigenvalue weighted by atomic mass is 9.89. The van der Waals surface area contributed by atoms with Crippen LogP contribution < -0.4 is 0 Å². The van der Waals surface area contributed by atoms with Crippen LogP contribution in [-0.4, -0.2) is 18.5 Å². The van der Waals surface area contributed by atoms with E-state index >= 15 is 0 Å². The average Bonchev–Trinajstić information content (AvgIpc) is 2.35. The van der Waals surface area contributed by atoms with Gasteiger partial charge < -0.3 is 4.74 Å². The number of rotatable bonds is 1. The molecule has 0 aromatic carbocycles. The minimum absolute atomic E-state index is 1.05. The molecule has 0 saturated carbocycles. The first-order valence-corrected chi connectivity index (χ1v) is 3.67. The van der Waals surface area contributed by atoms with E-state index in [1.54, 1.807) is 0 Å². The van der Waals surface area contributed by atoms with Crippen LogP contribution in [0.1, 0.15) is 20.8 Å². The van der Waals surface area contributed by atoms with Crippen molar-refractivity contribution in [2.45, 2.75) is 39.3 Å². The van der Waals surface area contributed by atoms with Crippen molar-refractivity contribution in [3.8, 4) is 0 Å². The summed E-state index contributed by atoms with van der Waals surface area (Å²) in [4.78, 5) is 0. The van der Waals surface area contributed by atoms with Gasteiger partial charge in [-0.3, -0.25) is 4.74 Å². The monoisotopic (exact) mass is 202 g/mol. The zero-order valence-electron chi connectivity index (χ0n) is 7.41. The summed E-state index contributed by atoms with van der Waals surface area (Å²) in [6.45, 7) is 4.24. The number of ether oxygens (including phenoxy) is 2. The van der Waals surface area contributed by atoms with Gasteiger partial charge in [0, 0.05) is 5.41 Å². The van der Waals surface area contributed by atoms with Crippen molar-refractivity contribution in [1.29, 1.82) is 0 Å². The zero-order valence-corrected chi connectivity index (χ0v) is 7.41. The van der Waals surface area contributed by atoms with Crippen LogP contribution in [0.15, 0.2) is 0 Å². The Hall–Kier alpha value is -0.360. The van der Waals surface area contributed by atoms with Crippen LogP contribution >= 0.6 is 0 Å². The van der Waals surface area contributed by atoms with Crippen LogP contribution in [-0.2, 0) is 9.47 Å². The highest BCUT2D eigenvalue weighted by atomic mass is 19.4. The van der Waals surface area contributed by atoms with Crippen molar-refractivity contribution in [3.05, 3.63) is 0 Å². The quantitative estimate of drug-likeness (QED) is 0.481. The molecule has 2 unspecified atom stereocenters. The summed E-state index contributed by atoms with van der Waals surface area (Å²) in [7, 11) is 0. The second-order valence-electron chi connectivity index (χ2n) is 3.90. The lowest BCUT2D eigenvalue weighted by Gasteiger charge is -2.27. The first-order chi connectivity index (χ1) is 5.58. The summed E-state index contributed by atoms with van der Waals surface area (Å²) < 4.78 is 55.9. The second-order valence-corrected chi connectivity index (χ2v) is 3.90. The first kappa shape index (κ1) is 10.7. The van der Waals surface area contributed by atoms with Crippen molar-refractivity contribution < 1.29 is 27.0 Å². The molecule has 13 heavy (non-hydrogen) atoms. The maximum atomic E-state index is 12.6. The fourth-order valence-corrected chi connectivity index (χ4v) is 1.03. The van der Waals surface area contributed by atoms with Gasteiger partial charge in [-0.15, -0.1) is 13.2 Å². The Morgan fingerprint density at radius 2 is 1.62 bits per heavy atom. The molecule has 0 aromatic rings. The highest BCUT2D eigenvalue weighted by Crippen LogP contribution is 2.54. The molecule has 0 N–H and O–H groups in total. The lowest BCUT2D eigenvalue weighted by Crippen LogP contribution is -2.39. The molecule has 2 atom stereocenters. The Balaban J connectivity index is 2.75. The molecule has 1 aliphatic rings. The van der Waals surface area contributed by atoms with Crippen LogP contribution in [0.4, 0.5) is 17.6 Å². The van der Waals surface area contributed by atoms with Crippen LogP contribution in [0.3, 0.4) is 0 Å². The minimum Gasteiger partial charge on any atom is -0.305 e. The van der Waals surface area contributed by atoms with E-state index in [-0.39, 0.29) is 0 Å². The Kier molecular flexibility index (Phi) is 2.12. The molecule has 0 aromatic heterocycles. The number of hydrogen-bond donors (Lipinski definition) is 0. The molecule has 78 valence electrons. The smallest absolute Gasteiger partial charge is 0.305 e. The maximum Gasteiger partial charge on any atom is 0.525 e. The molecule has 2 nitrogen and oxygen atoms in total. The highest BCUT2D eigenvalue weighted by Gasteiger charge is 2.70. The predicted molar refractivity (Wildman–Crippen MR) is 35.3 cm³/mol. The van der Waals surface area contributed by atoms with Crippen LogP contribution in [0.5, 0.6) is 0 Å². The van der Waals surface area contributed by atoms with E-state index < -0.39 is 23.9 Å². The van der Waals surface area contributed by atoms with Crippen LogP contribution in [0, 0.1) is 5.41 Å². The van der Waals surface area contributed by atoms with Crippen molar-refractivity contribution in [2.75, 3.05) is 0 Å². The summed E-state index contributed by atoms with van der Waals surface area (Å²) in [6.07, 6.45) is -6.89.